The van der Waals surface area contributed by atoms with E-state index in [2.05, 4.69) is 5.43 Å². The van der Waals surface area contributed by atoms with Crippen LogP contribution in [0.5, 0.6) is 5.75 Å². The summed E-state index contributed by atoms with van der Waals surface area (Å²) in [5, 5.41) is 10.6. The first-order valence-corrected chi connectivity index (χ1v) is 12.6. The van der Waals surface area contributed by atoms with Crippen LogP contribution in [0.3, 0.4) is 0 Å². The fourth-order valence-electron chi connectivity index (χ4n) is 5.35. The van der Waals surface area contributed by atoms with Crippen LogP contribution < -0.4 is 10.9 Å². The number of piperidine rings is 1. The van der Waals surface area contributed by atoms with Gasteiger partial charge in [-0.25, -0.2) is 13.5 Å². The van der Waals surface area contributed by atoms with E-state index in [1.807, 2.05) is 31.2 Å². The maximum atomic E-state index is 15.0. The number of aromatic nitrogens is 1. The Bertz CT molecular complexity index is 1450. The number of halogens is 2. The number of aromatic hydroxyl groups is 1. The van der Waals surface area contributed by atoms with Gasteiger partial charge in [-0.15, -0.1) is 11.8 Å². The molecule has 1 fully saturated rings. The molecule has 6 rings (SSSR count). The Morgan fingerprint density at radius 2 is 1.91 bits per heavy atom. The van der Waals surface area contributed by atoms with Crippen molar-refractivity contribution < 1.29 is 18.7 Å². The van der Waals surface area contributed by atoms with E-state index in [1.54, 1.807) is 4.90 Å². The fraction of sp³-hybridized carbons (Fsp3) is 0.308. The van der Waals surface area contributed by atoms with Gasteiger partial charge in [0.15, 0.2) is 23.1 Å². The second kappa shape index (κ2) is 8.12. The van der Waals surface area contributed by atoms with E-state index in [4.69, 9.17) is 0 Å². The number of benzene rings is 2. The summed E-state index contributed by atoms with van der Waals surface area (Å²) in [7, 11) is 0. The zero-order valence-electron chi connectivity index (χ0n) is 19.0. The van der Waals surface area contributed by atoms with Gasteiger partial charge in [-0.2, -0.15) is 0 Å². The van der Waals surface area contributed by atoms with Crippen LogP contribution in [0, 0.1) is 17.6 Å². The molecule has 0 aliphatic carbocycles. The lowest BCUT2D eigenvalue weighted by Crippen LogP contribution is -2.57. The first kappa shape index (κ1) is 22.2. The van der Waals surface area contributed by atoms with Crippen molar-refractivity contribution in [3.8, 4) is 17.0 Å². The van der Waals surface area contributed by atoms with Crippen molar-refractivity contribution in [1.82, 2.24) is 9.58 Å². The third-order valence-corrected chi connectivity index (χ3v) is 8.31. The van der Waals surface area contributed by atoms with Gasteiger partial charge in [-0.3, -0.25) is 9.59 Å². The molecule has 1 aromatic heterocycles. The van der Waals surface area contributed by atoms with Crippen molar-refractivity contribution in [1.29, 1.82) is 0 Å². The normalized spacial score (nSPS) is 20.8. The van der Waals surface area contributed by atoms with Gasteiger partial charge in [0.1, 0.15) is 6.17 Å². The Labute approximate surface area is 204 Å². The van der Waals surface area contributed by atoms with E-state index in [0.717, 1.165) is 22.9 Å². The average Bonchev–Trinajstić information content (AvgIpc) is 3.04. The zero-order chi connectivity index (χ0) is 24.4. The molecule has 0 bridgehead atoms. The highest BCUT2D eigenvalue weighted by Gasteiger charge is 2.39. The lowest BCUT2D eigenvalue weighted by molar-refractivity contribution is 0.0504. The predicted octanol–water partition coefficient (Wildman–Crippen LogP) is 4.45. The number of rotatable bonds is 1. The smallest absolute Gasteiger partial charge is 0.278 e. The van der Waals surface area contributed by atoms with E-state index in [1.165, 1.54) is 22.5 Å². The number of carbonyl (C=O) groups is 1. The summed E-state index contributed by atoms with van der Waals surface area (Å²) < 4.78 is 31.3. The third-order valence-electron chi connectivity index (χ3n) is 7.17. The first-order chi connectivity index (χ1) is 16.8. The van der Waals surface area contributed by atoms with Gasteiger partial charge in [0.25, 0.3) is 5.91 Å². The molecule has 35 heavy (non-hydrogen) atoms. The number of nitrogens with one attached hydrogen (secondary N) is 1. The summed E-state index contributed by atoms with van der Waals surface area (Å²) >= 11 is 1.44. The minimum absolute atomic E-state index is 0.181. The zero-order valence-corrected chi connectivity index (χ0v) is 19.8. The third kappa shape index (κ3) is 3.43. The van der Waals surface area contributed by atoms with E-state index in [0.29, 0.717) is 36.4 Å². The van der Waals surface area contributed by atoms with Crippen LogP contribution in [0.15, 0.2) is 46.1 Å². The van der Waals surface area contributed by atoms with Crippen molar-refractivity contribution >= 4 is 17.7 Å². The second-order valence-corrected chi connectivity index (χ2v) is 10.5. The second-order valence-electron chi connectivity index (χ2n) is 9.46. The topological polar surface area (TPSA) is 74.6 Å². The van der Waals surface area contributed by atoms with Crippen LogP contribution >= 0.6 is 11.8 Å². The molecular formula is C26H23F2N3O3S. The summed E-state index contributed by atoms with van der Waals surface area (Å²) in [6.45, 7) is 2.55. The van der Waals surface area contributed by atoms with Gasteiger partial charge >= 0.3 is 0 Å². The van der Waals surface area contributed by atoms with Crippen molar-refractivity contribution in [3.05, 3.63) is 80.6 Å². The molecule has 0 spiro atoms. The van der Waals surface area contributed by atoms with Crippen LogP contribution in [0.25, 0.3) is 11.3 Å². The van der Waals surface area contributed by atoms with E-state index in [9.17, 15) is 19.1 Å². The van der Waals surface area contributed by atoms with Gasteiger partial charge < -0.3 is 15.4 Å². The summed E-state index contributed by atoms with van der Waals surface area (Å²) in [5.41, 5.74) is 4.67. The number of carbonyl (C=O) groups excluding carboxylic acids is 1. The van der Waals surface area contributed by atoms with Crippen molar-refractivity contribution in [2.24, 2.45) is 5.92 Å². The van der Waals surface area contributed by atoms with E-state index in [-0.39, 0.29) is 28.9 Å². The maximum absolute atomic E-state index is 15.0. The van der Waals surface area contributed by atoms with Gasteiger partial charge in [0.2, 0.25) is 5.43 Å². The number of hydrogen-bond donors (Lipinski definition) is 2. The molecule has 180 valence electrons. The molecule has 3 aromatic rings. The van der Waals surface area contributed by atoms with Gasteiger partial charge in [-0.1, -0.05) is 25.1 Å². The van der Waals surface area contributed by atoms with E-state index < -0.39 is 28.7 Å². The number of nitrogens with zero attached hydrogens (tertiary/aromatic N) is 2. The first-order valence-electron chi connectivity index (χ1n) is 11.6. The molecule has 2 N–H and O–H groups in total. The highest BCUT2D eigenvalue weighted by atomic mass is 32.2. The predicted molar refractivity (Wildman–Crippen MR) is 129 cm³/mol. The van der Waals surface area contributed by atoms with Crippen LogP contribution in [-0.4, -0.2) is 33.3 Å². The molecule has 2 aromatic carbocycles. The maximum Gasteiger partial charge on any atom is 0.278 e. The molecule has 0 radical (unpaired) electrons. The molecular weight excluding hydrogens is 472 g/mol. The van der Waals surface area contributed by atoms with E-state index >= 15 is 4.39 Å². The lowest BCUT2D eigenvalue weighted by atomic mass is 9.92. The van der Waals surface area contributed by atoms with Crippen LogP contribution in [0.4, 0.5) is 8.78 Å². The highest BCUT2D eigenvalue weighted by molar-refractivity contribution is 7.98. The quantitative estimate of drug-likeness (QED) is 0.522. The largest absolute Gasteiger partial charge is 0.502 e. The molecule has 6 nitrogen and oxygen atoms in total. The molecule has 2 atom stereocenters. The Hall–Kier alpha value is -3.33. The molecule has 3 aliphatic rings. The Morgan fingerprint density at radius 3 is 2.74 bits per heavy atom. The van der Waals surface area contributed by atoms with Crippen LogP contribution in [-0.2, 0) is 12.2 Å². The lowest BCUT2D eigenvalue weighted by Gasteiger charge is -2.44. The van der Waals surface area contributed by atoms with Gasteiger partial charge in [0, 0.05) is 34.4 Å². The van der Waals surface area contributed by atoms with Gasteiger partial charge in [0.05, 0.1) is 5.69 Å². The van der Waals surface area contributed by atoms with Crippen molar-refractivity contribution in [3.63, 3.8) is 0 Å². The SMILES string of the molecule is C[C@@H]1CCC2Nn3c(-c4cc(F)c(F)c5c4Cc4ccccc4SC5)cc(=O)c(O)c3C(=O)N2C1. The molecule has 1 saturated heterocycles. The number of amides is 1. The highest BCUT2D eigenvalue weighted by Crippen LogP contribution is 2.41. The molecule has 1 amide bonds. The van der Waals surface area contributed by atoms with Crippen LogP contribution in [0.1, 0.15) is 46.9 Å². The van der Waals surface area contributed by atoms with Crippen LogP contribution in [0.2, 0.25) is 0 Å². The standard InChI is InChI=1S/C26H23F2N3O3S/c1-13-6-7-22-29-31-19(10-20(32)25(33)24(31)26(34)30(22)11-13)16-9-18(27)23(28)17-12-35-21-5-3-2-4-14(21)8-15(16)17/h2-5,9-10,13,22,29,33H,6-8,11-12H2,1H3/t13-,22?/m1/s1. The monoisotopic (exact) mass is 495 g/mol. The average molecular weight is 496 g/mol. The number of hydrogen-bond acceptors (Lipinski definition) is 5. The summed E-state index contributed by atoms with van der Waals surface area (Å²) in [4.78, 5) is 28.8. The summed E-state index contributed by atoms with van der Waals surface area (Å²) in [6.07, 6.45) is 1.62. The molecule has 4 heterocycles. The fourth-order valence-corrected chi connectivity index (χ4v) is 6.46. The number of thioether (sulfide) groups is 1. The molecule has 1 unspecified atom stereocenters. The minimum Gasteiger partial charge on any atom is -0.502 e. The number of pyridine rings is 1. The Morgan fingerprint density at radius 1 is 1.11 bits per heavy atom. The summed E-state index contributed by atoms with van der Waals surface area (Å²) in [6, 6.07) is 9.98. The summed E-state index contributed by atoms with van der Waals surface area (Å²) in [5.74, 6) is -2.50. The van der Waals surface area contributed by atoms with Crippen molar-refractivity contribution in [2.75, 3.05) is 12.0 Å². The Balaban J connectivity index is 1.59. The molecule has 9 heteroatoms. The van der Waals surface area contributed by atoms with Gasteiger partial charge in [-0.05, 0) is 48.4 Å². The number of fused-ring (bicyclic) bond motifs is 4. The minimum atomic E-state index is -1.02. The molecule has 3 aliphatic heterocycles. The molecule has 0 saturated carbocycles. The Kier molecular flexibility index (Phi) is 5.14. The van der Waals surface area contributed by atoms with Crippen molar-refractivity contribution in [2.45, 2.75) is 43.0 Å².